The molecule has 0 aliphatic carbocycles. The van der Waals surface area contributed by atoms with Crippen molar-refractivity contribution in [3.05, 3.63) is 40.8 Å². The van der Waals surface area contributed by atoms with E-state index >= 15 is 0 Å². The topological polar surface area (TPSA) is 75.0 Å². The van der Waals surface area contributed by atoms with E-state index in [1.54, 1.807) is 18.2 Å². The van der Waals surface area contributed by atoms with Gasteiger partial charge in [0.15, 0.2) is 5.75 Å². The summed E-state index contributed by atoms with van der Waals surface area (Å²) < 4.78 is 22.3. The molecule has 1 heterocycles. The van der Waals surface area contributed by atoms with Gasteiger partial charge in [-0.25, -0.2) is 4.79 Å². The highest BCUT2D eigenvalue weighted by Gasteiger charge is 2.20. The van der Waals surface area contributed by atoms with Gasteiger partial charge in [0.2, 0.25) is 5.75 Å². The van der Waals surface area contributed by atoms with Gasteiger partial charge in [-0.1, -0.05) is 70.9 Å². The second-order valence-electron chi connectivity index (χ2n) is 8.14. The van der Waals surface area contributed by atoms with Crippen LogP contribution >= 0.6 is 0 Å². The first-order valence-corrected chi connectivity index (χ1v) is 12.3. The SMILES string of the molecule is CCC=CCCOc1c(OC(C)=O)c2ccc(OCCCCCCCCCC)cc2oc1=O. The van der Waals surface area contributed by atoms with Gasteiger partial charge in [0.1, 0.15) is 11.3 Å². The Morgan fingerprint density at radius 3 is 2.33 bits per heavy atom. The van der Waals surface area contributed by atoms with E-state index < -0.39 is 11.6 Å². The van der Waals surface area contributed by atoms with Crippen LogP contribution in [0.15, 0.2) is 39.6 Å². The van der Waals surface area contributed by atoms with Crippen LogP contribution in [0.4, 0.5) is 0 Å². The van der Waals surface area contributed by atoms with Gasteiger partial charge in [-0.15, -0.1) is 0 Å². The molecule has 1 aromatic heterocycles. The van der Waals surface area contributed by atoms with Crippen molar-refractivity contribution in [2.24, 2.45) is 0 Å². The Kier molecular flexibility index (Phi) is 12.2. The molecule has 182 valence electrons. The lowest BCUT2D eigenvalue weighted by atomic mass is 10.1. The van der Waals surface area contributed by atoms with Crippen molar-refractivity contribution < 1.29 is 23.4 Å². The summed E-state index contributed by atoms with van der Waals surface area (Å²) in [5, 5.41) is 0.489. The first-order chi connectivity index (χ1) is 16.1. The summed E-state index contributed by atoms with van der Waals surface area (Å²) in [7, 11) is 0. The Morgan fingerprint density at radius 1 is 0.909 bits per heavy atom. The Morgan fingerprint density at radius 2 is 1.64 bits per heavy atom. The van der Waals surface area contributed by atoms with Crippen LogP contribution in [0.25, 0.3) is 11.0 Å². The molecule has 0 unspecified atom stereocenters. The summed E-state index contributed by atoms with van der Waals surface area (Å²) in [4.78, 5) is 24.2. The molecule has 0 atom stereocenters. The van der Waals surface area contributed by atoms with Crippen molar-refractivity contribution in [1.29, 1.82) is 0 Å². The smallest absolute Gasteiger partial charge is 0.383 e. The van der Waals surface area contributed by atoms with Gasteiger partial charge < -0.3 is 18.6 Å². The summed E-state index contributed by atoms with van der Waals surface area (Å²) in [6.45, 7) is 6.44. The lowest BCUT2D eigenvalue weighted by Crippen LogP contribution is -2.13. The van der Waals surface area contributed by atoms with Gasteiger partial charge >= 0.3 is 11.6 Å². The molecule has 0 saturated carbocycles. The number of hydrogen-bond acceptors (Lipinski definition) is 6. The van der Waals surface area contributed by atoms with E-state index in [0.717, 1.165) is 19.3 Å². The lowest BCUT2D eigenvalue weighted by molar-refractivity contribution is -0.131. The third kappa shape index (κ3) is 9.32. The highest BCUT2D eigenvalue weighted by molar-refractivity contribution is 5.89. The second kappa shape index (κ2) is 15.1. The summed E-state index contributed by atoms with van der Waals surface area (Å²) in [6, 6.07) is 5.17. The molecule has 0 radical (unpaired) electrons. The molecule has 2 rings (SSSR count). The maximum absolute atomic E-state index is 12.6. The molecule has 0 N–H and O–H groups in total. The van der Waals surface area contributed by atoms with E-state index in [0.29, 0.717) is 29.7 Å². The summed E-state index contributed by atoms with van der Waals surface area (Å²) in [5.74, 6) is 0.0754. The second-order valence-corrected chi connectivity index (χ2v) is 8.14. The van der Waals surface area contributed by atoms with Crippen LogP contribution in [0.2, 0.25) is 0 Å². The van der Waals surface area contributed by atoms with Crippen molar-refractivity contribution in [3.8, 4) is 17.2 Å². The number of ether oxygens (including phenoxy) is 3. The number of rotatable bonds is 16. The average molecular weight is 459 g/mol. The zero-order valence-corrected chi connectivity index (χ0v) is 20.3. The number of esters is 1. The number of carbonyl (C=O) groups excluding carboxylic acids is 1. The summed E-state index contributed by atoms with van der Waals surface area (Å²) in [6.07, 6.45) is 15.4. The molecule has 6 heteroatoms. The first kappa shape index (κ1) is 26.5. The van der Waals surface area contributed by atoms with Crippen LogP contribution < -0.4 is 19.8 Å². The predicted octanol–water partition coefficient (Wildman–Crippen LogP) is 6.97. The number of benzene rings is 1. The third-order valence-electron chi connectivity index (χ3n) is 5.24. The van der Waals surface area contributed by atoms with Crippen molar-refractivity contribution in [3.63, 3.8) is 0 Å². The lowest BCUT2D eigenvalue weighted by Gasteiger charge is -2.12. The van der Waals surface area contributed by atoms with E-state index in [1.165, 1.54) is 45.4 Å². The zero-order chi connectivity index (χ0) is 23.9. The fraction of sp³-hybridized carbons (Fsp3) is 0.556. The molecule has 33 heavy (non-hydrogen) atoms. The molecule has 0 aliphatic heterocycles. The molecule has 0 amide bonds. The minimum atomic E-state index is -0.682. The highest BCUT2D eigenvalue weighted by atomic mass is 16.6. The monoisotopic (exact) mass is 458 g/mol. The predicted molar refractivity (Wildman–Crippen MR) is 131 cm³/mol. The van der Waals surface area contributed by atoms with E-state index in [9.17, 15) is 9.59 Å². The van der Waals surface area contributed by atoms with Gasteiger partial charge in [0.05, 0.1) is 18.6 Å². The van der Waals surface area contributed by atoms with Gasteiger partial charge in [-0.2, -0.15) is 0 Å². The molecule has 0 aliphatic rings. The maximum Gasteiger partial charge on any atom is 0.383 e. The molecular formula is C27H38O6. The van der Waals surface area contributed by atoms with Gasteiger partial charge in [0, 0.05) is 13.0 Å². The fourth-order valence-electron chi connectivity index (χ4n) is 3.53. The van der Waals surface area contributed by atoms with Gasteiger partial charge in [-0.05, 0) is 31.4 Å². The Hall–Kier alpha value is -2.76. The third-order valence-corrected chi connectivity index (χ3v) is 5.24. The molecular weight excluding hydrogens is 420 g/mol. The maximum atomic E-state index is 12.6. The summed E-state index contributed by atoms with van der Waals surface area (Å²) in [5.41, 5.74) is -0.388. The number of fused-ring (bicyclic) bond motifs is 1. The largest absolute Gasteiger partial charge is 0.493 e. The fourth-order valence-corrected chi connectivity index (χ4v) is 3.53. The molecule has 0 fully saturated rings. The van der Waals surface area contributed by atoms with Crippen LogP contribution in [0, 0.1) is 0 Å². The minimum absolute atomic E-state index is 0.0860. The van der Waals surface area contributed by atoms with E-state index in [2.05, 4.69) is 6.92 Å². The van der Waals surface area contributed by atoms with Crippen molar-refractivity contribution in [2.75, 3.05) is 13.2 Å². The number of allylic oxidation sites excluding steroid dienone is 1. The van der Waals surface area contributed by atoms with Crippen LogP contribution in [0.1, 0.15) is 85.0 Å². The normalized spacial score (nSPS) is 11.2. The Labute approximate surface area is 196 Å². The summed E-state index contributed by atoms with van der Waals surface area (Å²) >= 11 is 0. The average Bonchev–Trinajstić information content (AvgIpc) is 2.79. The van der Waals surface area contributed by atoms with Crippen LogP contribution in [0.3, 0.4) is 0 Å². The standard InChI is InChI=1S/C27H38O6/c1-4-6-8-10-11-12-13-15-18-30-22-16-17-23-24(20-22)33-27(29)26(25(23)32-21(3)28)31-19-14-9-7-5-2/h7,9,16-17,20H,4-6,8,10-15,18-19H2,1-3H3. The molecule has 1 aromatic carbocycles. The minimum Gasteiger partial charge on any atom is -0.493 e. The molecule has 0 saturated heterocycles. The first-order valence-electron chi connectivity index (χ1n) is 12.3. The van der Waals surface area contributed by atoms with Crippen LogP contribution in [0.5, 0.6) is 17.2 Å². The van der Waals surface area contributed by atoms with Crippen molar-refractivity contribution in [2.45, 2.75) is 85.0 Å². The number of carbonyl (C=O) groups is 1. The van der Waals surface area contributed by atoms with Gasteiger partial charge in [0.25, 0.3) is 0 Å². The number of hydrogen-bond donors (Lipinski definition) is 0. The quantitative estimate of drug-likeness (QED) is 0.117. The van der Waals surface area contributed by atoms with E-state index in [-0.39, 0.29) is 18.1 Å². The molecule has 0 bridgehead atoms. The van der Waals surface area contributed by atoms with Crippen LogP contribution in [-0.2, 0) is 4.79 Å². The highest BCUT2D eigenvalue weighted by Crippen LogP contribution is 2.35. The molecule has 0 spiro atoms. The number of unbranched alkanes of at least 4 members (excludes halogenated alkanes) is 7. The molecule has 6 nitrogen and oxygen atoms in total. The van der Waals surface area contributed by atoms with E-state index in [1.807, 2.05) is 19.1 Å². The Balaban J connectivity index is 2.01. The molecule has 2 aromatic rings. The van der Waals surface area contributed by atoms with Gasteiger partial charge in [-0.3, -0.25) is 4.79 Å². The van der Waals surface area contributed by atoms with Crippen LogP contribution in [-0.4, -0.2) is 19.2 Å². The van der Waals surface area contributed by atoms with Crippen molar-refractivity contribution >= 4 is 16.9 Å². The van der Waals surface area contributed by atoms with E-state index in [4.69, 9.17) is 18.6 Å². The van der Waals surface area contributed by atoms with Crippen molar-refractivity contribution in [1.82, 2.24) is 0 Å². The Bertz CT molecular complexity index is 944. The zero-order valence-electron chi connectivity index (χ0n) is 20.3.